The van der Waals surface area contributed by atoms with E-state index in [1.165, 1.54) is 5.56 Å². The fourth-order valence-electron chi connectivity index (χ4n) is 5.27. The molecule has 1 saturated heterocycles. The molecule has 5 atom stereocenters. The van der Waals surface area contributed by atoms with Crippen LogP contribution >= 0.6 is 0 Å². The second-order valence-corrected chi connectivity index (χ2v) is 17.8. The van der Waals surface area contributed by atoms with Crippen LogP contribution in [0.4, 0.5) is 0 Å². The second-order valence-electron chi connectivity index (χ2n) is 17.8. The van der Waals surface area contributed by atoms with Crippen molar-refractivity contribution in [1.29, 1.82) is 0 Å². The van der Waals surface area contributed by atoms with Crippen molar-refractivity contribution in [1.82, 2.24) is 0 Å². The zero-order valence-corrected chi connectivity index (χ0v) is 33.4. The maximum Gasteiger partial charge on any atom is 0.311 e. The van der Waals surface area contributed by atoms with E-state index in [-0.39, 0.29) is 13.2 Å². The number of esters is 4. The first-order chi connectivity index (χ1) is 23.9. The molecular weight excluding hydrogens is 664 g/mol. The predicted molar refractivity (Wildman–Crippen MR) is 197 cm³/mol. The molecule has 0 radical (unpaired) electrons. The lowest BCUT2D eigenvalue weighted by Gasteiger charge is -2.46. The number of carbonyl (C=O) groups is 4. The fourth-order valence-corrected chi connectivity index (χ4v) is 5.27. The average Bonchev–Trinajstić information content (AvgIpc) is 3.03. The molecular formula is C42H60O10. The molecule has 2 aromatic carbocycles. The molecule has 288 valence electrons. The first kappa shape index (κ1) is 42.7. The third kappa shape index (κ3) is 11.1. The molecule has 52 heavy (non-hydrogen) atoms. The van der Waals surface area contributed by atoms with E-state index in [1.54, 1.807) is 89.2 Å². The van der Waals surface area contributed by atoms with Gasteiger partial charge in [0, 0.05) is 0 Å². The molecule has 0 aliphatic carbocycles. The van der Waals surface area contributed by atoms with Gasteiger partial charge in [-0.05, 0) is 124 Å². The zero-order valence-electron chi connectivity index (χ0n) is 33.4. The number of aliphatic hydroxyl groups is 1. The van der Waals surface area contributed by atoms with Crippen LogP contribution in [-0.4, -0.2) is 60.0 Å². The Bertz CT molecular complexity index is 1560. The van der Waals surface area contributed by atoms with Crippen LogP contribution in [0.3, 0.4) is 0 Å². The summed E-state index contributed by atoms with van der Waals surface area (Å²) < 4.78 is 31.0. The van der Waals surface area contributed by atoms with E-state index in [4.69, 9.17) is 23.7 Å². The number of rotatable bonds is 10. The van der Waals surface area contributed by atoms with Crippen LogP contribution in [0, 0.1) is 21.7 Å². The van der Waals surface area contributed by atoms with Gasteiger partial charge < -0.3 is 28.8 Å². The molecule has 10 heteroatoms. The summed E-state index contributed by atoms with van der Waals surface area (Å²) in [5.74, 6) is -2.40. The molecule has 10 nitrogen and oxygen atoms in total. The Morgan fingerprint density at radius 1 is 0.615 bits per heavy atom. The Morgan fingerprint density at radius 3 is 1.52 bits per heavy atom. The van der Waals surface area contributed by atoms with E-state index in [2.05, 4.69) is 31.2 Å². The third-order valence-electron chi connectivity index (χ3n) is 8.72. The van der Waals surface area contributed by atoms with Gasteiger partial charge in [-0.2, -0.15) is 0 Å². The largest absolute Gasteiger partial charge is 0.462 e. The van der Waals surface area contributed by atoms with Crippen LogP contribution < -0.4 is 0 Å². The standard InChI is InChI=1S/C42H60O10/c1-14-25-15-17-26(18-16-25)21-27-19-20-28(23-43)29(22-27)31-33(51-37(46)41(8,9)10)34(52-38(47)42(11,12)13)32(50-36(45)40(5,6)7)30(49-31)24-48-35(44)39(2,3)4/h15-20,22,30-34,43H,14,21,23-24H2,1-13H3/t30-,31+,32-,33+,34+/m1/s1. The van der Waals surface area contributed by atoms with Crippen molar-refractivity contribution < 1.29 is 48.0 Å². The summed E-state index contributed by atoms with van der Waals surface area (Å²) in [6, 6.07) is 13.9. The maximum absolute atomic E-state index is 13.7. The number of aryl methyl sites for hydroxylation is 1. The van der Waals surface area contributed by atoms with Crippen molar-refractivity contribution in [2.75, 3.05) is 6.61 Å². The summed E-state index contributed by atoms with van der Waals surface area (Å²) in [4.78, 5) is 54.0. The second kappa shape index (κ2) is 16.5. The lowest BCUT2D eigenvalue weighted by molar-refractivity contribution is -0.262. The first-order valence-electron chi connectivity index (χ1n) is 18.1. The van der Waals surface area contributed by atoms with Gasteiger partial charge in [0.15, 0.2) is 18.3 Å². The molecule has 1 fully saturated rings. The monoisotopic (exact) mass is 724 g/mol. The number of benzene rings is 2. The van der Waals surface area contributed by atoms with Crippen LogP contribution in [0.2, 0.25) is 0 Å². The highest BCUT2D eigenvalue weighted by molar-refractivity contribution is 5.78. The summed E-state index contributed by atoms with van der Waals surface area (Å²) >= 11 is 0. The minimum Gasteiger partial charge on any atom is -0.462 e. The van der Waals surface area contributed by atoms with Gasteiger partial charge in [-0.25, -0.2) is 0 Å². The molecule has 0 bridgehead atoms. The SMILES string of the molecule is CCc1ccc(Cc2ccc(CO)c([C@@H]3O[C@H](COC(=O)C(C)(C)C)[C@@H](OC(=O)C(C)(C)C)[C@H](OC(=O)C(C)(C)C)[C@H]3OC(=O)C(C)(C)C)c2)cc1. The van der Waals surface area contributed by atoms with Gasteiger partial charge in [-0.1, -0.05) is 49.4 Å². The molecule has 0 spiro atoms. The minimum absolute atomic E-state index is 0.365. The van der Waals surface area contributed by atoms with Gasteiger partial charge >= 0.3 is 23.9 Å². The summed E-state index contributed by atoms with van der Waals surface area (Å²) in [5, 5.41) is 10.6. The van der Waals surface area contributed by atoms with E-state index in [9.17, 15) is 24.3 Å². The maximum atomic E-state index is 13.7. The molecule has 3 rings (SSSR count). The molecule has 1 aliphatic heterocycles. The topological polar surface area (TPSA) is 135 Å². The smallest absolute Gasteiger partial charge is 0.311 e. The number of aliphatic hydroxyl groups excluding tert-OH is 1. The fraction of sp³-hybridized carbons (Fsp3) is 0.619. The van der Waals surface area contributed by atoms with E-state index < -0.39 is 76.1 Å². The summed E-state index contributed by atoms with van der Waals surface area (Å²) in [6.45, 7) is 21.7. The van der Waals surface area contributed by atoms with Crippen molar-refractivity contribution in [3.8, 4) is 0 Å². The van der Waals surface area contributed by atoms with Crippen molar-refractivity contribution in [2.24, 2.45) is 21.7 Å². The van der Waals surface area contributed by atoms with Gasteiger partial charge in [0.05, 0.1) is 28.3 Å². The van der Waals surface area contributed by atoms with Crippen molar-refractivity contribution in [3.63, 3.8) is 0 Å². The highest BCUT2D eigenvalue weighted by atomic mass is 16.7. The number of ether oxygens (including phenoxy) is 5. The number of hydrogen-bond donors (Lipinski definition) is 1. The van der Waals surface area contributed by atoms with Crippen LogP contribution in [0.1, 0.15) is 124 Å². The van der Waals surface area contributed by atoms with E-state index in [1.807, 2.05) is 12.1 Å². The van der Waals surface area contributed by atoms with Gasteiger partial charge in [0.2, 0.25) is 0 Å². The molecule has 2 aromatic rings. The van der Waals surface area contributed by atoms with Gasteiger partial charge in [-0.3, -0.25) is 19.2 Å². The zero-order chi connectivity index (χ0) is 39.4. The van der Waals surface area contributed by atoms with Gasteiger partial charge in [0.1, 0.15) is 18.8 Å². The molecule has 0 unspecified atom stereocenters. The normalized spacial score (nSPS) is 21.2. The van der Waals surface area contributed by atoms with Crippen LogP contribution in [0.5, 0.6) is 0 Å². The molecule has 1 heterocycles. The van der Waals surface area contributed by atoms with Crippen molar-refractivity contribution >= 4 is 23.9 Å². The lowest BCUT2D eigenvalue weighted by atomic mass is 9.86. The van der Waals surface area contributed by atoms with Gasteiger partial charge in [0.25, 0.3) is 0 Å². The number of hydrogen-bond acceptors (Lipinski definition) is 10. The Morgan fingerprint density at radius 2 is 1.06 bits per heavy atom. The highest BCUT2D eigenvalue weighted by Gasteiger charge is 2.55. The first-order valence-corrected chi connectivity index (χ1v) is 18.1. The molecule has 1 aliphatic rings. The van der Waals surface area contributed by atoms with E-state index in [0.29, 0.717) is 17.5 Å². The Labute approximate surface area is 309 Å². The van der Waals surface area contributed by atoms with Crippen molar-refractivity contribution in [3.05, 3.63) is 70.3 Å². The molecule has 0 saturated carbocycles. The molecule has 1 N–H and O–H groups in total. The third-order valence-corrected chi connectivity index (χ3v) is 8.72. The highest BCUT2D eigenvalue weighted by Crippen LogP contribution is 2.41. The average molecular weight is 725 g/mol. The predicted octanol–water partition coefficient (Wildman–Crippen LogP) is 7.24. The summed E-state index contributed by atoms with van der Waals surface area (Å²) in [7, 11) is 0. The van der Waals surface area contributed by atoms with Crippen LogP contribution in [-0.2, 0) is 62.3 Å². The van der Waals surface area contributed by atoms with Crippen molar-refractivity contribution in [2.45, 2.75) is 140 Å². The van der Waals surface area contributed by atoms with Gasteiger partial charge in [-0.15, -0.1) is 0 Å². The van der Waals surface area contributed by atoms with E-state index in [0.717, 1.165) is 17.5 Å². The Hall–Kier alpha value is -3.76. The van der Waals surface area contributed by atoms with E-state index >= 15 is 0 Å². The van der Waals surface area contributed by atoms with Crippen LogP contribution in [0.25, 0.3) is 0 Å². The lowest BCUT2D eigenvalue weighted by Crippen LogP contribution is -2.61. The minimum atomic E-state index is -1.39. The summed E-state index contributed by atoms with van der Waals surface area (Å²) in [5.41, 5.74) is 0.337. The van der Waals surface area contributed by atoms with Crippen LogP contribution in [0.15, 0.2) is 42.5 Å². The summed E-state index contributed by atoms with van der Waals surface area (Å²) in [6.07, 6.45) is -4.91. The molecule has 0 aromatic heterocycles. The quantitative estimate of drug-likeness (QED) is 0.198. The Kier molecular flexibility index (Phi) is 13.5. The Balaban J connectivity index is 2.29. The molecule has 0 amide bonds. The number of carbonyl (C=O) groups excluding carboxylic acids is 4.